The zero-order valence-corrected chi connectivity index (χ0v) is 50.9. The molecule has 5 aliphatic rings. The van der Waals surface area contributed by atoms with Gasteiger partial charge < -0.3 is 82.7 Å². The fourth-order valence-corrected chi connectivity index (χ4v) is 11.9. The Balaban J connectivity index is 1.33. The first-order valence-electron chi connectivity index (χ1n) is 32.4. The van der Waals surface area contributed by atoms with Gasteiger partial charge in [0.2, 0.25) is 6.29 Å². The lowest BCUT2D eigenvalue weighted by atomic mass is 9.96. The van der Waals surface area contributed by atoms with Gasteiger partial charge in [-0.2, -0.15) is 0 Å². The number of ether oxygens (including phenoxy) is 11. The SMILES string of the molecule is CCCCCCCCCCCC(=O)O[C@@H]1[C@@H](O)[C@@H](O)[C@H](O[C@@H]2[C@@H](O)[C@@H](OC(=O)CCCCCCCCC)[C@H](O[C@@H]3[C@@H](O)[C@H]4OC(=O)CCCCCCCCCC(CCCCC)O[C@H]5[C@H](O[C@@H]4O[C@H]3C)O[C@H](C)[C@H](O)[C@@H]5O)O[C@H]2C)O[C@H]1C. The van der Waals surface area contributed by atoms with Gasteiger partial charge in [0, 0.05) is 19.3 Å². The van der Waals surface area contributed by atoms with E-state index in [1.165, 1.54) is 32.1 Å². The Morgan fingerprint density at radius 2 is 0.890 bits per heavy atom. The number of unbranched alkanes of at least 4 members (excludes halogenated alkanes) is 16. The molecule has 5 rings (SSSR count). The van der Waals surface area contributed by atoms with Crippen LogP contribution in [0.2, 0.25) is 0 Å². The largest absolute Gasteiger partial charge is 0.457 e. The molecule has 6 N–H and O–H groups in total. The van der Waals surface area contributed by atoms with Crippen molar-refractivity contribution in [1.29, 1.82) is 0 Å². The van der Waals surface area contributed by atoms with E-state index in [0.29, 0.717) is 19.3 Å². The Kier molecular flexibility index (Phi) is 32.9. The molecule has 5 aliphatic heterocycles. The number of carbonyl (C=O) groups excluding carboxylic acids is 3. The van der Waals surface area contributed by atoms with Gasteiger partial charge in [-0.15, -0.1) is 0 Å². The summed E-state index contributed by atoms with van der Waals surface area (Å²) in [4.78, 5) is 40.4. The molecule has 0 amide bonds. The number of esters is 3. The van der Waals surface area contributed by atoms with Crippen LogP contribution in [0.15, 0.2) is 0 Å². The molecule has 5 heterocycles. The standard InChI is InChI=1S/C62H110O20/c1-8-11-14-16-18-19-23-27-31-36-44(63)77-53-40(5)73-59(50(69)49(53)68)80-54-41(6)74-60(57(51(54)70)78-45(64)37-32-26-21-17-15-12-9-2)81-55-42(7)75-62-58(52(55)71)79-46(65)38-33-28-24-20-22-25-30-35-43(34-29-13-10-3)76-56-48(67)47(66)39(4)72-61(56)82-62/h39-43,47-62,66-71H,8-38H2,1-7H3/t39-,40+,41+,42+,43?,47+,48+,49+,50-,51-,52-,53+,54+,55+,56-,57-,58-,59+,60+,61+,62+/m1/s1. The summed E-state index contributed by atoms with van der Waals surface area (Å²) in [6.45, 7) is 12.8. The third-order valence-corrected chi connectivity index (χ3v) is 17.1. The average molecular weight is 1180 g/mol. The van der Waals surface area contributed by atoms with E-state index in [1.807, 2.05) is 0 Å². The molecular formula is C62H110O20. The number of hydrogen-bond acceptors (Lipinski definition) is 20. The van der Waals surface area contributed by atoms with Crippen LogP contribution in [-0.2, 0) is 66.5 Å². The summed E-state index contributed by atoms with van der Waals surface area (Å²) in [5, 5.41) is 70.1. The first kappa shape index (κ1) is 70.6. The summed E-state index contributed by atoms with van der Waals surface area (Å²) in [6.07, 6.45) is -1.03. The quantitative estimate of drug-likeness (QED) is 0.0243. The summed E-state index contributed by atoms with van der Waals surface area (Å²) < 4.78 is 68.6. The van der Waals surface area contributed by atoms with E-state index in [4.69, 9.17) is 52.1 Å². The number of carbonyl (C=O) groups is 3. The fraction of sp³-hybridized carbons (Fsp3) is 0.952. The third kappa shape index (κ3) is 22.5. The molecule has 0 saturated carbocycles. The first-order valence-corrected chi connectivity index (χ1v) is 32.4. The van der Waals surface area contributed by atoms with Crippen molar-refractivity contribution in [2.24, 2.45) is 0 Å². The van der Waals surface area contributed by atoms with Crippen molar-refractivity contribution in [3.8, 4) is 0 Å². The average Bonchev–Trinajstić information content (AvgIpc) is 3.07. The molecule has 0 aromatic carbocycles. The molecule has 1 unspecified atom stereocenters. The summed E-state index contributed by atoms with van der Waals surface area (Å²) in [7, 11) is 0. The van der Waals surface area contributed by atoms with Crippen LogP contribution < -0.4 is 0 Å². The second-order valence-corrected chi connectivity index (χ2v) is 24.2. The lowest BCUT2D eigenvalue weighted by Crippen LogP contribution is -2.66. The highest BCUT2D eigenvalue weighted by Gasteiger charge is 2.56. The van der Waals surface area contributed by atoms with Crippen molar-refractivity contribution in [2.45, 2.75) is 376 Å². The minimum Gasteiger partial charge on any atom is -0.457 e. The fourth-order valence-electron chi connectivity index (χ4n) is 11.9. The lowest BCUT2D eigenvalue weighted by molar-refractivity contribution is -0.394. The van der Waals surface area contributed by atoms with Gasteiger partial charge >= 0.3 is 17.9 Å². The van der Waals surface area contributed by atoms with E-state index in [1.54, 1.807) is 27.7 Å². The Hall–Kier alpha value is -2.15. The minimum absolute atomic E-state index is 0.0125. The van der Waals surface area contributed by atoms with Gasteiger partial charge in [-0.25, -0.2) is 0 Å². The second kappa shape index (κ2) is 38.2. The molecule has 20 nitrogen and oxygen atoms in total. The topological polar surface area (TPSA) is 274 Å². The number of hydrogen-bond donors (Lipinski definition) is 6. The van der Waals surface area contributed by atoms with Gasteiger partial charge in [0.05, 0.1) is 30.5 Å². The number of fused-ring (bicyclic) bond motifs is 2. The molecule has 21 atom stereocenters. The summed E-state index contributed by atoms with van der Waals surface area (Å²) in [5.74, 6) is -1.81. The molecule has 5 fully saturated rings. The van der Waals surface area contributed by atoms with Crippen molar-refractivity contribution >= 4 is 17.9 Å². The highest BCUT2D eigenvalue weighted by atomic mass is 16.8. The molecule has 0 aromatic heterocycles. The molecule has 0 aliphatic carbocycles. The van der Waals surface area contributed by atoms with Crippen LogP contribution in [0.25, 0.3) is 0 Å². The number of aliphatic hydroxyl groups is 6. The van der Waals surface area contributed by atoms with Crippen molar-refractivity contribution < 1.29 is 97.1 Å². The zero-order valence-electron chi connectivity index (χ0n) is 50.9. The third-order valence-electron chi connectivity index (χ3n) is 17.1. The molecule has 0 aromatic rings. The van der Waals surface area contributed by atoms with Crippen LogP contribution in [-0.4, -0.2) is 177 Å². The van der Waals surface area contributed by atoms with E-state index in [9.17, 15) is 45.0 Å². The molecule has 0 spiro atoms. The molecule has 0 bridgehead atoms. The molecular weight excluding hydrogens is 1060 g/mol. The van der Waals surface area contributed by atoms with Gasteiger partial charge in [0.25, 0.3) is 0 Å². The highest BCUT2D eigenvalue weighted by Crippen LogP contribution is 2.37. The van der Waals surface area contributed by atoms with Crippen LogP contribution in [0, 0.1) is 0 Å². The van der Waals surface area contributed by atoms with Crippen LogP contribution in [0.1, 0.15) is 248 Å². The van der Waals surface area contributed by atoms with E-state index < -0.39 is 141 Å². The molecule has 82 heavy (non-hydrogen) atoms. The van der Waals surface area contributed by atoms with Crippen molar-refractivity contribution in [2.75, 3.05) is 0 Å². The minimum atomic E-state index is -1.74. The van der Waals surface area contributed by atoms with E-state index in [0.717, 1.165) is 128 Å². The van der Waals surface area contributed by atoms with Crippen LogP contribution in [0.5, 0.6) is 0 Å². The monoisotopic (exact) mass is 1170 g/mol. The molecule has 20 heteroatoms. The normalized spacial score (nSPS) is 37.4. The highest BCUT2D eigenvalue weighted by molar-refractivity contribution is 5.70. The summed E-state index contributed by atoms with van der Waals surface area (Å²) in [6, 6.07) is 0. The summed E-state index contributed by atoms with van der Waals surface area (Å²) in [5.41, 5.74) is 0. The predicted molar refractivity (Wildman–Crippen MR) is 303 cm³/mol. The lowest BCUT2D eigenvalue weighted by Gasteiger charge is -2.49. The van der Waals surface area contributed by atoms with Crippen LogP contribution >= 0.6 is 0 Å². The van der Waals surface area contributed by atoms with Crippen molar-refractivity contribution in [1.82, 2.24) is 0 Å². The number of aliphatic hydroxyl groups excluding tert-OH is 6. The van der Waals surface area contributed by atoms with Crippen LogP contribution in [0.3, 0.4) is 0 Å². The van der Waals surface area contributed by atoms with Gasteiger partial charge in [-0.3, -0.25) is 14.4 Å². The maximum Gasteiger partial charge on any atom is 0.306 e. The number of rotatable bonds is 28. The molecule has 0 radical (unpaired) electrons. The maximum atomic E-state index is 13.7. The maximum absolute atomic E-state index is 13.7. The first-order chi connectivity index (χ1) is 39.5. The zero-order chi connectivity index (χ0) is 59.6. The Bertz CT molecular complexity index is 1760. The second-order valence-electron chi connectivity index (χ2n) is 24.2. The molecule has 478 valence electrons. The van der Waals surface area contributed by atoms with Gasteiger partial charge in [-0.05, 0) is 59.8 Å². The van der Waals surface area contributed by atoms with Gasteiger partial charge in [-0.1, -0.05) is 168 Å². The van der Waals surface area contributed by atoms with E-state index >= 15 is 0 Å². The Morgan fingerprint density at radius 1 is 0.427 bits per heavy atom. The van der Waals surface area contributed by atoms with Gasteiger partial charge in [0.15, 0.2) is 37.2 Å². The van der Waals surface area contributed by atoms with Crippen molar-refractivity contribution in [3.05, 3.63) is 0 Å². The molecule has 5 saturated heterocycles. The Morgan fingerprint density at radius 3 is 1.50 bits per heavy atom. The Labute approximate surface area is 489 Å². The summed E-state index contributed by atoms with van der Waals surface area (Å²) >= 11 is 0. The van der Waals surface area contributed by atoms with Crippen molar-refractivity contribution in [3.63, 3.8) is 0 Å². The van der Waals surface area contributed by atoms with E-state index in [-0.39, 0.29) is 25.4 Å². The predicted octanol–water partition coefficient (Wildman–Crippen LogP) is 8.57. The van der Waals surface area contributed by atoms with E-state index in [2.05, 4.69) is 20.8 Å². The van der Waals surface area contributed by atoms with Crippen LogP contribution in [0.4, 0.5) is 0 Å². The smallest absolute Gasteiger partial charge is 0.306 e. The van der Waals surface area contributed by atoms with Gasteiger partial charge in [0.1, 0.15) is 54.9 Å².